The molecule has 0 unspecified atom stereocenters. The Morgan fingerprint density at radius 3 is 2.47 bits per heavy atom. The molecule has 10 heteroatoms. The molecule has 0 aliphatic heterocycles. The van der Waals surface area contributed by atoms with Gasteiger partial charge in [0.15, 0.2) is 16.7 Å². The first-order chi connectivity index (χ1) is 16.3. The second kappa shape index (κ2) is 13.2. The number of nitrogens with one attached hydrogen (secondary N) is 1. The molecule has 3 aromatic rings. The number of hydrogen-bond donors (Lipinski definition) is 1. The molecule has 1 amide bonds. The molecule has 1 aromatic heterocycles. The van der Waals surface area contributed by atoms with Gasteiger partial charge in [0.05, 0.1) is 22.1 Å². The Hall–Kier alpha value is -1.93. The van der Waals surface area contributed by atoms with Crippen LogP contribution in [0.2, 0.25) is 0 Å². The second-order valence-electron chi connectivity index (χ2n) is 7.19. The number of aryl methyl sites for hydroxylation is 2. The molecule has 0 saturated carbocycles. The Kier molecular flexibility index (Phi) is 10.4. The van der Waals surface area contributed by atoms with Gasteiger partial charge in [-0.05, 0) is 107 Å². The van der Waals surface area contributed by atoms with Crippen LogP contribution < -0.4 is 14.9 Å². The number of carbonyl (C=O) groups excluding carboxylic acids is 1. The highest BCUT2D eigenvalue weighted by Gasteiger charge is 2.12. The number of hydrazone groups is 1. The van der Waals surface area contributed by atoms with E-state index in [2.05, 4.69) is 77.8 Å². The number of amides is 1. The van der Waals surface area contributed by atoms with Gasteiger partial charge in [-0.25, -0.2) is 15.4 Å². The Balaban J connectivity index is 1.61. The molecule has 178 valence electrons. The van der Waals surface area contributed by atoms with Crippen LogP contribution in [0.4, 0.5) is 0 Å². The number of benzene rings is 2. The van der Waals surface area contributed by atoms with Crippen molar-refractivity contribution >= 4 is 69.1 Å². The molecule has 0 aliphatic rings. The quantitative estimate of drug-likeness (QED) is 0.0986. The molecule has 0 radical (unpaired) electrons. The third-order valence-electron chi connectivity index (χ3n) is 4.33. The predicted molar refractivity (Wildman–Crippen MR) is 152 cm³/mol. The van der Waals surface area contributed by atoms with Crippen LogP contribution in [0.1, 0.15) is 29.4 Å². The van der Waals surface area contributed by atoms with Crippen molar-refractivity contribution in [1.29, 1.82) is 0 Å². The lowest BCUT2D eigenvalue weighted by molar-refractivity contribution is -0.118. The van der Waals surface area contributed by atoms with Gasteiger partial charge in [0, 0.05) is 15.0 Å². The zero-order chi connectivity index (χ0) is 24.5. The van der Waals surface area contributed by atoms with Crippen molar-refractivity contribution in [2.75, 3.05) is 12.4 Å². The summed E-state index contributed by atoms with van der Waals surface area (Å²) < 4.78 is 13.9. The first-order valence-electron chi connectivity index (χ1n) is 10.4. The van der Waals surface area contributed by atoms with E-state index in [1.807, 2.05) is 51.1 Å². The van der Waals surface area contributed by atoms with Crippen LogP contribution >= 0.6 is 56.9 Å². The molecule has 0 saturated heterocycles. The standard InChI is InChI=1S/C24H24I2N4O3S/c1-4-32-21-11-18(10-20(26)23(21)33-13-17-5-7-19(25)8-6-17)12-27-30-22(31)14-34-24-28-15(2)9-16(3)29-24/h5-12H,4,13-14H2,1-3H3,(H,30,31)/b27-12-. The summed E-state index contributed by atoms with van der Waals surface area (Å²) in [7, 11) is 0. The van der Waals surface area contributed by atoms with E-state index in [4.69, 9.17) is 9.47 Å². The number of nitrogens with zero attached hydrogens (tertiary/aromatic N) is 3. The molecule has 0 fully saturated rings. The lowest BCUT2D eigenvalue weighted by Gasteiger charge is -2.15. The predicted octanol–water partition coefficient (Wildman–Crippen LogP) is 5.52. The average molecular weight is 702 g/mol. The number of hydrogen-bond acceptors (Lipinski definition) is 7. The molecule has 2 aromatic carbocycles. The molecule has 34 heavy (non-hydrogen) atoms. The minimum absolute atomic E-state index is 0.174. The first-order valence-corrected chi connectivity index (χ1v) is 13.6. The van der Waals surface area contributed by atoms with E-state index in [9.17, 15) is 4.79 Å². The van der Waals surface area contributed by atoms with Gasteiger partial charge in [-0.3, -0.25) is 4.79 Å². The molecule has 3 rings (SSSR count). The summed E-state index contributed by atoms with van der Waals surface area (Å²) in [5, 5.41) is 4.66. The largest absolute Gasteiger partial charge is 0.490 e. The normalized spacial score (nSPS) is 11.0. The van der Waals surface area contributed by atoms with Crippen molar-refractivity contribution in [3.63, 3.8) is 0 Å². The van der Waals surface area contributed by atoms with Gasteiger partial charge in [0.25, 0.3) is 5.91 Å². The molecule has 1 heterocycles. The highest BCUT2D eigenvalue weighted by molar-refractivity contribution is 14.1. The van der Waals surface area contributed by atoms with Crippen LogP contribution in [-0.4, -0.2) is 34.4 Å². The van der Waals surface area contributed by atoms with Crippen molar-refractivity contribution in [1.82, 2.24) is 15.4 Å². The highest BCUT2D eigenvalue weighted by Crippen LogP contribution is 2.34. The fourth-order valence-electron chi connectivity index (χ4n) is 2.90. The van der Waals surface area contributed by atoms with Crippen LogP contribution in [0.25, 0.3) is 0 Å². The van der Waals surface area contributed by atoms with Crippen LogP contribution in [0, 0.1) is 21.0 Å². The average Bonchev–Trinajstić information content (AvgIpc) is 2.78. The van der Waals surface area contributed by atoms with Crippen LogP contribution in [0.15, 0.2) is 52.7 Å². The molecule has 7 nitrogen and oxygen atoms in total. The Bertz CT molecular complexity index is 1150. The summed E-state index contributed by atoms with van der Waals surface area (Å²) in [4.78, 5) is 20.8. The van der Waals surface area contributed by atoms with Crippen molar-refractivity contribution in [2.45, 2.75) is 32.5 Å². The van der Waals surface area contributed by atoms with E-state index in [1.165, 1.54) is 15.3 Å². The molecule has 0 bridgehead atoms. The lowest BCUT2D eigenvalue weighted by Crippen LogP contribution is -2.19. The maximum atomic E-state index is 12.2. The summed E-state index contributed by atoms with van der Waals surface area (Å²) >= 11 is 5.77. The molecule has 1 N–H and O–H groups in total. The lowest BCUT2D eigenvalue weighted by atomic mass is 10.2. The second-order valence-corrected chi connectivity index (χ2v) is 10.5. The van der Waals surface area contributed by atoms with Gasteiger partial charge in [-0.2, -0.15) is 5.10 Å². The molecular weight excluding hydrogens is 678 g/mol. The smallest absolute Gasteiger partial charge is 0.250 e. The highest BCUT2D eigenvalue weighted by atomic mass is 127. The van der Waals surface area contributed by atoms with E-state index in [0.717, 1.165) is 26.1 Å². The summed E-state index contributed by atoms with van der Waals surface area (Å²) in [6.45, 7) is 6.68. The van der Waals surface area contributed by atoms with Gasteiger partial charge in [0.1, 0.15) is 6.61 Å². The Labute approximate surface area is 230 Å². The van der Waals surface area contributed by atoms with Gasteiger partial charge in [-0.1, -0.05) is 23.9 Å². The minimum Gasteiger partial charge on any atom is -0.490 e. The summed E-state index contributed by atoms with van der Waals surface area (Å²) in [6.07, 6.45) is 1.59. The number of ether oxygens (including phenoxy) is 2. The molecule has 0 atom stereocenters. The zero-order valence-corrected chi connectivity index (χ0v) is 24.1. The van der Waals surface area contributed by atoms with Crippen molar-refractivity contribution < 1.29 is 14.3 Å². The molecule has 0 aliphatic carbocycles. The fraction of sp³-hybridized carbons (Fsp3) is 0.250. The number of carbonyl (C=O) groups is 1. The van der Waals surface area contributed by atoms with Crippen LogP contribution in [0.3, 0.4) is 0 Å². The first kappa shape index (κ1) is 26.7. The fourth-order valence-corrected chi connectivity index (χ4v) is 4.78. The van der Waals surface area contributed by atoms with Crippen molar-refractivity contribution in [3.05, 3.63) is 72.1 Å². The summed E-state index contributed by atoms with van der Waals surface area (Å²) in [6, 6.07) is 13.9. The van der Waals surface area contributed by atoms with E-state index in [0.29, 0.717) is 29.9 Å². The third-order valence-corrected chi connectivity index (χ3v) is 6.69. The maximum Gasteiger partial charge on any atom is 0.250 e. The maximum absolute atomic E-state index is 12.2. The van der Waals surface area contributed by atoms with E-state index in [-0.39, 0.29) is 11.7 Å². The van der Waals surface area contributed by atoms with Crippen LogP contribution in [-0.2, 0) is 11.4 Å². The monoisotopic (exact) mass is 702 g/mol. The molecule has 0 spiro atoms. The van der Waals surface area contributed by atoms with Crippen molar-refractivity contribution in [2.24, 2.45) is 5.10 Å². The topological polar surface area (TPSA) is 85.7 Å². The summed E-state index contributed by atoms with van der Waals surface area (Å²) in [5.41, 5.74) is 6.17. The Morgan fingerprint density at radius 2 is 1.79 bits per heavy atom. The van der Waals surface area contributed by atoms with Gasteiger partial charge >= 0.3 is 0 Å². The SMILES string of the molecule is CCOc1cc(/C=N\NC(=O)CSc2nc(C)cc(C)n2)cc(I)c1OCc1ccc(I)cc1. The summed E-state index contributed by atoms with van der Waals surface area (Å²) in [5.74, 6) is 1.26. The number of rotatable bonds is 10. The van der Waals surface area contributed by atoms with Gasteiger partial charge in [0.2, 0.25) is 0 Å². The number of aromatic nitrogens is 2. The van der Waals surface area contributed by atoms with E-state index >= 15 is 0 Å². The Morgan fingerprint density at radius 1 is 1.09 bits per heavy atom. The van der Waals surface area contributed by atoms with E-state index in [1.54, 1.807) is 6.21 Å². The third kappa shape index (κ3) is 8.38. The van der Waals surface area contributed by atoms with E-state index < -0.39 is 0 Å². The minimum atomic E-state index is -0.235. The van der Waals surface area contributed by atoms with Crippen LogP contribution in [0.5, 0.6) is 11.5 Å². The number of halogens is 2. The zero-order valence-electron chi connectivity index (χ0n) is 19.0. The van der Waals surface area contributed by atoms with Crippen molar-refractivity contribution in [3.8, 4) is 11.5 Å². The number of thioether (sulfide) groups is 1. The van der Waals surface area contributed by atoms with Gasteiger partial charge < -0.3 is 9.47 Å². The van der Waals surface area contributed by atoms with Gasteiger partial charge in [-0.15, -0.1) is 0 Å². The molecular formula is C24H24I2N4O3S.